The van der Waals surface area contributed by atoms with Gasteiger partial charge in [-0.1, -0.05) is 17.6 Å². The summed E-state index contributed by atoms with van der Waals surface area (Å²) in [4.78, 5) is 18.8. The monoisotopic (exact) mass is 385 g/mol. The predicted molar refractivity (Wildman–Crippen MR) is 54.6 cm³/mol. The molecular weight excluding hydrogens is 376 g/mol. The predicted octanol–water partition coefficient (Wildman–Crippen LogP) is 1.40. The number of rotatable bonds is 3. The molecule has 0 radical (unpaired) electrons. The van der Waals surface area contributed by atoms with E-state index in [0.29, 0.717) is 5.75 Å². The summed E-state index contributed by atoms with van der Waals surface area (Å²) < 4.78 is 5.32. The van der Waals surface area contributed by atoms with E-state index in [-0.39, 0.29) is 33.5 Å². The third-order valence-electron chi connectivity index (χ3n) is 1.88. The number of aromatic nitrogens is 2. The van der Waals surface area contributed by atoms with Gasteiger partial charge in [0, 0.05) is 39.2 Å². The van der Waals surface area contributed by atoms with Crippen molar-refractivity contribution >= 4 is 16.7 Å². The molecule has 0 bridgehead atoms. The SMILES string of the molecule is CC(=O)COc1c[c-]nc2ccncc12.[W]. The number of carbonyl (C=O) groups is 1. The van der Waals surface area contributed by atoms with E-state index in [1.165, 1.54) is 6.92 Å². The van der Waals surface area contributed by atoms with Crippen LogP contribution in [0.2, 0.25) is 0 Å². The second-order valence-electron chi connectivity index (χ2n) is 3.13. The Balaban J connectivity index is 0.00000128. The van der Waals surface area contributed by atoms with E-state index in [0.717, 1.165) is 10.9 Å². The molecule has 0 aromatic carbocycles. The fourth-order valence-electron chi connectivity index (χ4n) is 1.21. The first kappa shape index (κ1) is 12.8. The van der Waals surface area contributed by atoms with Gasteiger partial charge in [0.15, 0.2) is 5.78 Å². The minimum atomic E-state index is -0.0242. The first-order valence-corrected chi connectivity index (χ1v) is 4.50. The molecule has 2 aromatic rings. The number of hydrogen-bond donors (Lipinski definition) is 0. The standard InChI is InChI=1S/C11H9N2O2.W/c1-8(14)7-15-11-3-5-13-10-2-4-12-6-9(10)11;/h2-4,6H,7H2,1H3;/q-1;. The van der Waals surface area contributed by atoms with Gasteiger partial charge in [-0.15, -0.1) is 6.07 Å². The molecule has 16 heavy (non-hydrogen) atoms. The van der Waals surface area contributed by atoms with E-state index in [9.17, 15) is 4.79 Å². The maximum Gasteiger partial charge on any atom is 0.165 e. The Morgan fingerprint density at radius 2 is 2.38 bits per heavy atom. The molecule has 2 rings (SSSR count). The zero-order valence-electron chi connectivity index (χ0n) is 8.64. The molecule has 0 aliphatic carbocycles. The van der Waals surface area contributed by atoms with Crippen LogP contribution in [0.1, 0.15) is 6.92 Å². The van der Waals surface area contributed by atoms with Crippen molar-refractivity contribution in [2.75, 3.05) is 6.61 Å². The summed E-state index contributed by atoms with van der Waals surface area (Å²) in [6, 6.07) is 3.37. The van der Waals surface area contributed by atoms with Gasteiger partial charge in [-0.25, -0.2) is 0 Å². The van der Waals surface area contributed by atoms with Crippen LogP contribution in [-0.2, 0) is 25.9 Å². The molecule has 82 valence electrons. The zero-order valence-corrected chi connectivity index (χ0v) is 11.6. The van der Waals surface area contributed by atoms with Crippen LogP contribution in [-0.4, -0.2) is 22.4 Å². The molecule has 4 nitrogen and oxygen atoms in total. The summed E-state index contributed by atoms with van der Waals surface area (Å²) in [5.41, 5.74) is 0.756. The topological polar surface area (TPSA) is 52.1 Å². The summed E-state index contributed by atoms with van der Waals surface area (Å²) in [5, 5.41) is 0.789. The minimum Gasteiger partial charge on any atom is -0.543 e. The second-order valence-corrected chi connectivity index (χ2v) is 3.13. The number of fused-ring (bicyclic) bond motifs is 1. The first-order valence-electron chi connectivity index (χ1n) is 4.50. The van der Waals surface area contributed by atoms with Crippen LogP contribution in [0, 0.1) is 6.20 Å². The van der Waals surface area contributed by atoms with Crippen molar-refractivity contribution in [1.29, 1.82) is 0 Å². The number of hydrogen-bond acceptors (Lipinski definition) is 4. The maximum absolute atomic E-state index is 10.8. The Labute approximate surface area is 107 Å². The average Bonchev–Trinajstić information content (AvgIpc) is 2.26. The number of nitrogens with zero attached hydrogens (tertiary/aromatic N) is 2. The third-order valence-corrected chi connectivity index (χ3v) is 1.88. The van der Waals surface area contributed by atoms with Gasteiger partial charge in [0.2, 0.25) is 0 Å². The summed E-state index contributed by atoms with van der Waals surface area (Å²) in [6.45, 7) is 1.53. The van der Waals surface area contributed by atoms with Gasteiger partial charge in [-0.2, -0.15) is 0 Å². The van der Waals surface area contributed by atoms with Crippen LogP contribution >= 0.6 is 0 Å². The Morgan fingerprint density at radius 3 is 3.12 bits per heavy atom. The zero-order chi connectivity index (χ0) is 10.7. The fourth-order valence-corrected chi connectivity index (χ4v) is 1.21. The fraction of sp³-hybridized carbons (Fsp3) is 0.182. The third kappa shape index (κ3) is 2.86. The van der Waals surface area contributed by atoms with Crippen LogP contribution in [0.25, 0.3) is 10.9 Å². The van der Waals surface area contributed by atoms with Crippen molar-refractivity contribution in [1.82, 2.24) is 9.97 Å². The van der Waals surface area contributed by atoms with Gasteiger partial charge < -0.3 is 9.72 Å². The molecule has 0 aliphatic heterocycles. The summed E-state index contributed by atoms with van der Waals surface area (Å²) >= 11 is 0. The van der Waals surface area contributed by atoms with Crippen LogP contribution in [0.3, 0.4) is 0 Å². The van der Waals surface area contributed by atoms with E-state index in [1.54, 1.807) is 24.5 Å². The Hall–Kier alpha value is -1.28. The molecule has 0 unspecified atom stereocenters. The van der Waals surface area contributed by atoms with Crippen LogP contribution < -0.4 is 4.74 Å². The average molecular weight is 385 g/mol. The first-order chi connectivity index (χ1) is 7.27. The molecule has 0 spiro atoms. The Bertz CT molecular complexity index is 497. The van der Waals surface area contributed by atoms with Crippen molar-refractivity contribution in [3.05, 3.63) is 30.7 Å². The normalized spacial score (nSPS) is 9.56. The molecule has 0 saturated heterocycles. The van der Waals surface area contributed by atoms with E-state index in [4.69, 9.17) is 4.74 Å². The maximum atomic E-state index is 10.8. The van der Waals surface area contributed by atoms with E-state index >= 15 is 0 Å². The van der Waals surface area contributed by atoms with Gasteiger partial charge in [0.05, 0.1) is 0 Å². The van der Waals surface area contributed by atoms with E-state index in [1.807, 2.05) is 0 Å². The van der Waals surface area contributed by atoms with Gasteiger partial charge >= 0.3 is 0 Å². The van der Waals surface area contributed by atoms with Crippen molar-refractivity contribution in [3.8, 4) is 5.75 Å². The second kappa shape index (κ2) is 5.71. The van der Waals surface area contributed by atoms with Gasteiger partial charge in [-0.3, -0.25) is 9.78 Å². The summed E-state index contributed by atoms with van der Waals surface area (Å²) in [7, 11) is 0. The van der Waals surface area contributed by atoms with Gasteiger partial charge in [0.25, 0.3) is 0 Å². The molecule has 0 saturated carbocycles. The van der Waals surface area contributed by atoms with Crippen LogP contribution in [0.15, 0.2) is 24.5 Å². The molecule has 0 atom stereocenters. The van der Waals surface area contributed by atoms with Crippen molar-refractivity contribution in [3.63, 3.8) is 0 Å². The van der Waals surface area contributed by atoms with Crippen LogP contribution in [0.4, 0.5) is 0 Å². The van der Waals surface area contributed by atoms with Gasteiger partial charge in [-0.05, 0) is 12.4 Å². The number of carbonyl (C=O) groups excluding carboxylic acids is 1. The molecule has 0 amide bonds. The molecule has 5 heteroatoms. The smallest absolute Gasteiger partial charge is 0.165 e. The molecule has 2 heterocycles. The molecule has 0 aliphatic rings. The largest absolute Gasteiger partial charge is 0.543 e. The molecular formula is C11H9N2O2W-. The molecule has 0 N–H and O–H groups in total. The van der Waals surface area contributed by atoms with Crippen LogP contribution in [0.5, 0.6) is 5.75 Å². The minimum absolute atomic E-state index is 0. The number of ketones is 1. The summed E-state index contributed by atoms with van der Waals surface area (Å²) in [6.07, 6.45) is 6.02. The molecule has 0 fully saturated rings. The number of pyridine rings is 2. The van der Waals surface area contributed by atoms with Crippen molar-refractivity contribution in [2.24, 2.45) is 0 Å². The number of Topliss-reactive ketones (excluding diaryl/α,β-unsaturated/α-hetero) is 1. The Morgan fingerprint density at radius 1 is 1.56 bits per heavy atom. The quantitative estimate of drug-likeness (QED) is 0.750. The van der Waals surface area contributed by atoms with Crippen molar-refractivity contribution in [2.45, 2.75) is 6.92 Å². The molecule has 2 aromatic heterocycles. The summed E-state index contributed by atoms with van der Waals surface area (Å²) in [5.74, 6) is 0.562. The number of ether oxygens (including phenoxy) is 1. The Kier molecular flexibility index (Phi) is 4.56. The van der Waals surface area contributed by atoms with Crippen molar-refractivity contribution < 1.29 is 30.6 Å². The van der Waals surface area contributed by atoms with E-state index in [2.05, 4.69) is 16.2 Å². The van der Waals surface area contributed by atoms with Gasteiger partial charge in [0.1, 0.15) is 6.61 Å². The van der Waals surface area contributed by atoms with E-state index < -0.39 is 0 Å².